The summed E-state index contributed by atoms with van der Waals surface area (Å²) in [5.41, 5.74) is 2.25. The highest BCUT2D eigenvalue weighted by molar-refractivity contribution is 5.91. The Kier molecular flexibility index (Phi) is 5.37. The Labute approximate surface area is 156 Å². The van der Waals surface area contributed by atoms with Crippen LogP contribution in [0.2, 0.25) is 0 Å². The van der Waals surface area contributed by atoms with Gasteiger partial charge >= 0.3 is 12.1 Å². The van der Waals surface area contributed by atoms with Gasteiger partial charge in [0.15, 0.2) is 0 Å². The molecule has 0 aliphatic carbocycles. The fourth-order valence-electron chi connectivity index (χ4n) is 2.35. The molecule has 3 aromatic rings. The van der Waals surface area contributed by atoms with Crippen LogP contribution >= 0.6 is 0 Å². The first-order valence-electron chi connectivity index (χ1n) is 8.16. The summed E-state index contributed by atoms with van der Waals surface area (Å²) < 4.78 is 10.3. The van der Waals surface area contributed by atoms with Crippen molar-refractivity contribution in [2.75, 3.05) is 7.05 Å². The minimum Gasteiger partial charge on any atom is -0.508 e. The van der Waals surface area contributed by atoms with Crippen molar-refractivity contribution >= 4 is 12.1 Å². The Balaban J connectivity index is 1.65. The van der Waals surface area contributed by atoms with E-state index >= 15 is 0 Å². The number of rotatable bonds is 4. The quantitative estimate of drug-likeness (QED) is 0.541. The van der Waals surface area contributed by atoms with Crippen molar-refractivity contribution in [3.05, 3.63) is 78.4 Å². The first kappa shape index (κ1) is 18.0. The van der Waals surface area contributed by atoms with Crippen molar-refractivity contribution in [1.29, 1.82) is 0 Å². The molecule has 0 heterocycles. The van der Waals surface area contributed by atoms with Gasteiger partial charge in [-0.05, 0) is 59.7 Å². The number of phenols is 1. The van der Waals surface area contributed by atoms with Crippen LogP contribution < -0.4 is 14.8 Å². The zero-order valence-electron chi connectivity index (χ0n) is 14.5. The second-order valence-electron chi connectivity index (χ2n) is 5.62. The number of aromatic hydroxyl groups is 1. The Hall–Kier alpha value is -3.80. The van der Waals surface area contributed by atoms with E-state index in [-0.39, 0.29) is 5.75 Å². The molecule has 0 aromatic heterocycles. The molecule has 2 N–H and O–H groups in total. The van der Waals surface area contributed by atoms with Crippen LogP contribution in [0.1, 0.15) is 10.4 Å². The summed E-state index contributed by atoms with van der Waals surface area (Å²) in [6, 6.07) is 19.9. The summed E-state index contributed by atoms with van der Waals surface area (Å²) in [5.74, 6) is 0.386. The first-order valence-corrected chi connectivity index (χ1v) is 8.16. The summed E-state index contributed by atoms with van der Waals surface area (Å²) in [6.07, 6.45) is -0.575. The van der Waals surface area contributed by atoms with Crippen molar-refractivity contribution in [3.63, 3.8) is 0 Å². The molecule has 6 heteroatoms. The van der Waals surface area contributed by atoms with Gasteiger partial charge in [0.25, 0.3) is 0 Å². The average Bonchev–Trinajstić information content (AvgIpc) is 2.70. The van der Waals surface area contributed by atoms with Gasteiger partial charge in [-0.25, -0.2) is 9.59 Å². The molecule has 3 rings (SSSR count). The van der Waals surface area contributed by atoms with E-state index < -0.39 is 12.1 Å². The smallest absolute Gasteiger partial charge is 0.412 e. The van der Waals surface area contributed by atoms with E-state index in [1.807, 2.05) is 12.1 Å². The molecule has 27 heavy (non-hydrogen) atoms. The molecule has 0 unspecified atom stereocenters. The number of benzene rings is 3. The van der Waals surface area contributed by atoms with Crippen molar-refractivity contribution in [2.24, 2.45) is 0 Å². The van der Waals surface area contributed by atoms with Crippen LogP contribution in [0.25, 0.3) is 11.1 Å². The third kappa shape index (κ3) is 4.64. The molecule has 0 atom stereocenters. The molecule has 0 saturated heterocycles. The largest absolute Gasteiger partial charge is 0.508 e. The Bertz CT molecular complexity index is 932. The van der Waals surface area contributed by atoms with Gasteiger partial charge < -0.3 is 19.9 Å². The van der Waals surface area contributed by atoms with E-state index in [0.29, 0.717) is 17.1 Å². The highest BCUT2D eigenvalue weighted by atomic mass is 16.6. The van der Waals surface area contributed by atoms with E-state index in [1.165, 1.54) is 19.2 Å². The maximum atomic E-state index is 12.3. The molecule has 0 saturated carbocycles. The highest BCUT2D eigenvalue weighted by Crippen LogP contribution is 2.23. The lowest BCUT2D eigenvalue weighted by atomic mass is 10.0. The summed E-state index contributed by atoms with van der Waals surface area (Å²) in [5, 5.41) is 11.7. The number of phenolic OH excluding ortho intramolecular Hbond substituents is 1. The van der Waals surface area contributed by atoms with Crippen LogP contribution in [0, 0.1) is 0 Å². The van der Waals surface area contributed by atoms with Gasteiger partial charge in [-0.1, -0.05) is 24.3 Å². The number of carbonyl (C=O) groups is 2. The van der Waals surface area contributed by atoms with Gasteiger partial charge in [0.1, 0.15) is 17.2 Å². The van der Waals surface area contributed by atoms with Gasteiger partial charge in [0.05, 0.1) is 5.56 Å². The van der Waals surface area contributed by atoms with Gasteiger partial charge in [0.2, 0.25) is 0 Å². The number of nitrogens with one attached hydrogen (secondary N) is 1. The number of carbonyl (C=O) groups excluding carboxylic acids is 2. The molecule has 0 radical (unpaired) electrons. The second-order valence-corrected chi connectivity index (χ2v) is 5.62. The van der Waals surface area contributed by atoms with E-state index in [4.69, 9.17) is 9.47 Å². The summed E-state index contributed by atoms with van der Waals surface area (Å²) in [4.78, 5) is 23.4. The number of hydrogen-bond donors (Lipinski definition) is 2. The summed E-state index contributed by atoms with van der Waals surface area (Å²) in [6.45, 7) is 0. The fourth-order valence-corrected chi connectivity index (χ4v) is 2.35. The zero-order chi connectivity index (χ0) is 19.2. The van der Waals surface area contributed by atoms with E-state index in [1.54, 1.807) is 48.5 Å². The predicted molar refractivity (Wildman–Crippen MR) is 100 cm³/mol. The monoisotopic (exact) mass is 363 g/mol. The lowest BCUT2D eigenvalue weighted by molar-refractivity contribution is 0.0734. The van der Waals surface area contributed by atoms with Crippen LogP contribution in [0.15, 0.2) is 72.8 Å². The summed E-state index contributed by atoms with van der Waals surface area (Å²) >= 11 is 0. The molecule has 3 aromatic carbocycles. The zero-order valence-corrected chi connectivity index (χ0v) is 14.5. The minimum absolute atomic E-state index is 0.200. The van der Waals surface area contributed by atoms with Gasteiger partial charge in [-0.2, -0.15) is 0 Å². The number of ether oxygens (including phenoxy) is 2. The van der Waals surface area contributed by atoms with Crippen LogP contribution in [-0.4, -0.2) is 24.2 Å². The average molecular weight is 363 g/mol. The van der Waals surface area contributed by atoms with Crippen LogP contribution in [-0.2, 0) is 0 Å². The third-order valence-corrected chi connectivity index (χ3v) is 3.77. The standard InChI is InChI=1S/C21H17NO5/c1-22-21(25)27-19-12-10-18(11-13-19)26-20(24)16-4-2-14(3-5-16)15-6-8-17(23)9-7-15/h2-13,23H,1H3,(H,22,25). The highest BCUT2D eigenvalue weighted by Gasteiger charge is 2.10. The Morgan fingerprint density at radius 2 is 1.22 bits per heavy atom. The van der Waals surface area contributed by atoms with Crippen LogP contribution in [0.5, 0.6) is 17.2 Å². The molecule has 0 aliphatic heterocycles. The minimum atomic E-state index is -0.575. The topological polar surface area (TPSA) is 84.9 Å². The lowest BCUT2D eigenvalue weighted by Gasteiger charge is -2.07. The molecule has 6 nitrogen and oxygen atoms in total. The van der Waals surface area contributed by atoms with Crippen molar-refractivity contribution in [1.82, 2.24) is 5.32 Å². The molecular weight excluding hydrogens is 346 g/mol. The SMILES string of the molecule is CNC(=O)Oc1ccc(OC(=O)c2ccc(-c3ccc(O)cc3)cc2)cc1. The van der Waals surface area contributed by atoms with Gasteiger partial charge in [-0.3, -0.25) is 0 Å². The molecule has 0 fully saturated rings. The Morgan fingerprint density at radius 1 is 0.741 bits per heavy atom. The van der Waals surface area contributed by atoms with Crippen molar-refractivity contribution in [3.8, 4) is 28.4 Å². The first-order chi connectivity index (χ1) is 13.0. The molecule has 0 spiro atoms. The molecule has 0 aliphatic rings. The molecule has 0 bridgehead atoms. The molecular formula is C21H17NO5. The van der Waals surface area contributed by atoms with Gasteiger partial charge in [-0.15, -0.1) is 0 Å². The Morgan fingerprint density at radius 3 is 1.74 bits per heavy atom. The van der Waals surface area contributed by atoms with Crippen molar-refractivity contribution in [2.45, 2.75) is 0 Å². The van der Waals surface area contributed by atoms with Crippen molar-refractivity contribution < 1.29 is 24.2 Å². The predicted octanol–water partition coefficient (Wildman–Crippen LogP) is 4.00. The molecule has 136 valence electrons. The van der Waals surface area contributed by atoms with E-state index in [2.05, 4.69) is 5.32 Å². The van der Waals surface area contributed by atoms with Crippen LogP contribution in [0.3, 0.4) is 0 Å². The number of amides is 1. The van der Waals surface area contributed by atoms with Crippen LogP contribution in [0.4, 0.5) is 4.79 Å². The number of esters is 1. The molecule has 1 amide bonds. The third-order valence-electron chi connectivity index (χ3n) is 3.77. The van der Waals surface area contributed by atoms with Gasteiger partial charge in [0, 0.05) is 7.05 Å². The summed E-state index contributed by atoms with van der Waals surface area (Å²) in [7, 11) is 1.46. The lowest BCUT2D eigenvalue weighted by Crippen LogP contribution is -2.21. The maximum absolute atomic E-state index is 12.3. The van der Waals surface area contributed by atoms with E-state index in [9.17, 15) is 14.7 Å². The number of hydrogen-bond acceptors (Lipinski definition) is 5. The normalized spacial score (nSPS) is 10.1. The fraction of sp³-hybridized carbons (Fsp3) is 0.0476. The maximum Gasteiger partial charge on any atom is 0.412 e. The van der Waals surface area contributed by atoms with E-state index in [0.717, 1.165) is 11.1 Å². The second kappa shape index (κ2) is 8.05.